The van der Waals surface area contributed by atoms with Crippen molar-refractivity contribution >= 4 is 28.9 Å². The lowest BCUT2D eigenvalue weighted by Crippen LogP contribution is -2.42. The van der Waals surface area contributed by atoms with E-state index in [0.717, 1.165) is 0 Å². The van der Waals surface area contributed by atoms with Crippen molar-refractivity contribution in [3.05, 3.63) is 136 Å². The first-order chi connectivity index (χ1) is 21.4. The Bertz CT molecular complexity index is 1850. The maximum Gasteiger partial charge on any atom is 0.338 e. The molecule has 11 nitrogen and oxygen atoms in total. The summed E-state index contributed by atoms with van der Waals surface area (Å²) in [7, 11) is 0. The summed E-state index contributed by atoms with van der Waals surface area (Å²) in [6.45, 7) is 1.25. The normalized spacial score (nSPS) is 19.4. The van der Waals surface area contributed by atoms with Crippen LogP contribution in [-0.2, 0) is 18.9 Å². The Labute approximate surface area is 250 Å². The Balaban J connectivity index is 1.39. The first-order valence-electron chi connectivity index (χ1n) is 13.8. The quantitative estimate of drug-likeness (QED) is 0.187. The van der Waals surface area contributed by atoms with Gasteiger partial charge in [-0.15, -0.1) is 0 Å². The molecule has 0 radical (unpaired) electrons. The molecule has 0 saturated carbocycles. The summed E-state index contributed by atoms with van der Waals surface area (Å²) in [6.07, 6.45) is -3.60. The number of hydrogen-bond donors (Lipinski definition) is 0. The van der Waals surface area contributed by atoms with E-state index in [1.165, 1.54) is 16.8 Å². The minimum atomic E-state index is -1.33. The van der Waals surface area contributed by atoms with Crippen molar-refractivity contribution in [3.8, 4) is 0 Å². The van der Waals surface area contributed by atoms with Gasteiger partial charge in [0, 0.05) is 12.3 Å². The average Bonchev–Trinajstić information content (AvgIpc) is 3.61. The molecule has 0 N–H and O–H groups in total. The van der Waals surface area contributed by atoms with Crippen molar-refractivity contribution in [2.45, 2.75) is 31.5 Å². The molecule has 222 valence electrons. The Hall–Kier alpha value is -5.55. The zero-order valence-electron chi connectivity index (χ0n) is 23.4. The zero-order valence-corrected chi connectivity index (χ0v) is 23.4. The molecule has 0 spiro atoms. The predicted molar refractivity (Wildman–Crippen MR) is 155 cm³/mol. The van der Waals surface area contributed by atoms with Crippen molar-refractivity contribution < 1.29 is 37.9 Å². The molecule has 0 aliphatic carbocycles. The third kappa shape index (κ3) is 5.72. The second-order valence-electron chi connectivity index (χ2n) is 10.0. The third-order valence-electron chi connectivity index (χ3n) is 7.18. The number of carbonyl (C=O) groups excluding carboxylic acids is 3. The minimum Gasteiger partial charge on any atom is -0.459 e. The van der Waals surface area contributed by atoms with E-state index in [2.05, 4.69) is 5.16 Å². The van der Waals surface area contributed by atoms with Gasteiger partial charge in [0.25, 0.3) is 5.56 Å². The Kier molecular flexibility index (Phi) is 8.02. The molecule has 1 aliphatic rings. The van der Waals surface area contributed by atoms with Gasteiger partial charge in [0.15, 0.2) is 24.0 Å². The standard InChI is InChI=1S/C33H26N2O9/c1-20-26-24(44-34-20)17-18-35(29(26)36)30-28(43-33(39)23-15-9-4-10-16-23)27(42-32(38)22-13-7-3-8-14-22)25(41-30)19-40-31(37)21-11-5-2-6-12-21/h2-18,25,27-28,30H,19H2,1H3/t25-,27+,28-,30-/m1/s1. The van der Waals surface area contributed by atoms with Crippen LogP contribution in [0.15, 0.2) is 113 Å². The minimum absolute atomic E-state index is 0.209. The summed E-state index contributed by atoms with van der Waals surface area (Å²) in [5, 5.41) is 4.08. The predicted octanol–water partition coefficient (Wildman–Crippen LogP) is 4.50. The second kappa shape index (κ2) is 12.4. The maximum atomic E-state index is 13.7. The number of rotatable bonds is 8. The second-order valence-corrected chi connectivity index (χ2v) is 10.0. The number of nitrogens with zero attached hydrogens (tertiary/aromatic N) is 2. The summed E-state index contributed by atoms with van der Waals surface area (Å²) < 4.78 is 30.1. The molecule has 3 heterocycles. The lowest BCUT2D eigenvalue weighted by atomic mass is 10.1. The van der Waals surface area contributed by atoms with E-state index in [4.69, 9.17) is 23.5 Å². The van der Waals surface area contributed by atoms with E-state index in [9.17, 15) is 19.2 Å². The molecule has 1 saturated heterocycles. The van der Waals surface area contributed by atoms with Crippen molar-refractivity contribution in [3.63, 3.8) is 0 Å². The Morgan fingerprint density at radius 1 is 0.750 bits per heavy atom. The summed E-state index contributed by atoms with van der Waals surface area (Å²) in [4.78, 5) is 53.1. The van der Waals surface area contributed by atoms with Crippen molar-refractivity contribution in [1.29, 1.82) is 0 Å². The van der Waals surface area contributed by atoms with E-state index in [1.807, 2.05) is 0 Å². The molecule has 1 aliphatic heterocycles. The van der Waals surface area contributed by atoms with E-state index >= 15 is 0 Å². The van der Waals surface area contributed by atoms with Crippen molar-refractivity contribution in [2.24, 2.45) is 0 Å². The fourth-order valence-electron chi connectivity index (χ4n) is 4.99. The summed E-state index contributed by atoms with van der Waals surface area (Å²) in [5.41, 5.74) is 0.868. The van der Waals surface area contributed by atoms with Crippen LogP contribution in [0.4, 0.5) is 0 Å². The number of carbonyl (C=O) groups is 3. The molecule has 5 aromatic rings. The third-order valence-corrected chi connectivity index (χ3v) is 7.18. The van der Waals surface area contributed by atoms with Crippen LogP contribution in [-0.4, -0.2) is 52.6 Å². The molecular weight excluding hydrogens is 568 g/mol. The van der Waals surface area contributed by atoms with Crippen molar-refractivity contribution in [1.82, 2.24) is 9.72 Å². The molecule has 2 aromatic heterocycles. The van der Waals surface area contributed by atoms with Crippen molar-refractivity contribution in [2.75, 3.05) is 6.61 Å². The molecule has 1 fully saturated rings. The lowest BCUT2D eigenvalue weighted by molar-refractivity contribution is -0.0632. The van der Waals surface area contributed by atoms with E-state index in [0.29, 0.717) is 11.3 Å². The molecular formula is C33H26N2O9. The van der Waals surface area contributed by atoms with Gasteiger partial charge in [-0.2, -0.15) is 0 Å². The van der Waals surface area contributed by atoms with Gasteiger partial charge in [-0.1, -0.05) is 59.8 Å². The summed E-state index contributed by atoms with van der Waals surface area (Å²) in [6, 6.07) is 26.3. The largest absolute Gasteiger partial charge is 0.459 e. The van der Waals surface area contributed by atoms with Gasteiger partial charge in [-0.25, -0.2) is 14.4 Å². The topological polar surface area (TPSA) is 136 Å². The number of aryl methyl sites for hydroxylation is 1. The lowest BCUT2D eigenvalue weighted by Gasteiger charge is -2.25. The summed E-state index contributed by atoms with van der Waals surface area (Å²) in [5.74, 6) is -2.10. The maximum absolute atomic E-state index is 13.7. The van der Waals surface area contributed by atoms with Crippen LogP contribution in [0, 0.1) is 6.92 Å². The SMILES string of the molecule is Cc1noc2ccn([C@@H]3O[C@H](COC(=O)c4ccccc4)[C@H](OC(=O)c4ccccc4)[C@H]3OC(=O)c3ccccc3)c(=O)c12. The highest BCUT2D eigenvalue weighted by molar-refractivity contribution is 5.91. The van der Waals surface area contributed by atoms with Gasteiger partial charge in [0.2, 0.25) is 0 Å². The van der Waals surface area contributed by atoms with Gasteiger partial charge < -0.3 is 23.5 Å². The van der Waals surface area contributed by atoms with Gasteiger partial charge in [-0.05, 0) is 43.3 Å². The van der Waals surface area contributed by atoms with Gasteiger partial charge >= 0.3 is 17.9 Å². The molecule has 44 heavy (non-hydrogen) atoms. The highest BCUT2D eigenvalue weighted by atomic mass is 16.7. The number of benzene rings is 3. The van der Waals surface area contributed by atoms with Gasteiger partial charge in [0.05, 0.1) is 22.4 Å². The fraction of sp³-hybridized carbons (Fsp3) is 0.182. The molecule has 0 amide bonds. The number of hydrogen-bond acceptors (Lipinski definition) is 10. The number of ether oxygens (including phenoxy) is 4. The number of fused-ring (bicyclic) bond motifs is 1. The molecule has 6 rings (SSSR count). The van der Waals surface area contributed by atoms with Gasteiger partial charge in [-0.3, -0.25) is 9.36 Å². The fourth-order valence-corrected chi connectivity index (χ4v) is 4.99. The monoisotopic (exact) mass is 594 g/mol. The molecule has 0 bridgehead atoms. The van der Waals surface area contributed by atoms with E-state index < -0.39 is 48.0 Å². The Morgan fingerprint density at radius 3 is 1.84 bits per heavy atom. The van der Waals surface area contributed by atoms with E-state index in [1.54, 1.807) is 97.9 Å². The van der Waals surface area contributed by atoms with Crippen LogP contribution in [0.5, 0.6) is 0 Å². The van der Waals surface area contributed by atoms with Gasteiger partial charge in [0.1, 0.15) is 18.1 Å². The highest BCUT2D eigenvalue weighted by Gasteiger charge is 2.51. The molecule has 3 aromatic carbocycles. The average molecular weight is 595 g/mol. The van der Waals surface area contributed by atoms with Crippen LogP contribution < -0.4 is 5.56 Å². The first kappa shape index (κ1) is 28.6. The molecule has 0 unspecified atom stereocenters. The smallest absolute Gasteiger partial charge is 0.338 e. The van der Waals surface area contributed by atoms with Crippen LogP contribution in [0.3, 0.4) is 0 Å². The summed E-state index contributed by atoms with van der Waals surface area (Å²) >= 11 is 0. The highest BCUT2D eigenvalue weighted by Crippen LogP contribution is 2.35. The first-order valence-corrected chi connectivity index (χ1v) is 13.8. The van der Waals surface area contributed by atoms with Crippen LogP contribution >= 0.6 is 0 Å². The Morgan fingerprint density at radius 2 is 1.27 bits per heavy atom. The molecule has 4 atom stereocenters. The number of esters is 3. The van der Waals surface area contributed by atoms with Crippen LogP contribution in [0.2, 0.25) is 0 Å². The van der Waals surface area contributed by atoms with E-state index in [-0.39, 0.29) is 28.7 Å². The zero-order chi connectivity index (χ0) is 30.6. The number of aromatic nitrogens is 2. The van der Waals surface area contributed by atoms with Crippen LogP contribution in [0.1, 0.15) is 43.0 Å². The molecule has 11 heteroatoms. The van der Waals surface area contributed by atoms with Crippen LogP contribution in [0.25, 0.3) is 11.0 Å². The number of pyridine rings is 1.